The lowest BCUT2D eigenvalue weighted by Crippen LogP contribution is -2.30. The Morgan fingerprint density at radius 2 is 1.45 bits per heavy atom. The number of fused-ring (bicyclic) bond motifs is 1. The van der Waals surface area contributed by atoms with Crippen molar-refractivity contribution in [2.24, 2.45) is 0 Å². The van der Waals surface area contributed by atoms with Gasteiger partial charge in [0.25, 0.3) is 5.91 Å². The van der Waals surface area contributed by atoms with Gasteiger partial charge in [-0.3, -0.25) is 9.78 Å². The second-order valence-corrected chi connectivity index (χ2v) is 8.06. The lowest BCUT2D eigenvalue weighted by molar-refractivity contribution is 0.0793. The number of rotatable bonds is 3. The standard InChI is InChI=1S/C24H26N4O/c29-24(28-14-4-5-15-28)19-8-6-18(7-9-19)20-10-11-21-22(16-20)26-23(17-25-21)27-12-2-1-3-13-27/h6-11,16-17H,1-5,12-15H2. The average molecular weight is 386 g/mol. The molecule has 0 bridgehead atoms. The molecule has 1 aromatic heterocycles. The molecule has 5 nitrogen and oxygen atoms in total. The molecule has 0 radical (unpaired) electrons. The number of benzene rings is 2. The van der Waals surface area contributed by atoms with Crippen molar-refractivity contribution in [1.82, 2.24) is 14.9 Å². The molecule has 5 heteroatoms. The summed E-state index contributed by atoms with van der Waals surface area (Å²) in [6.45, 7) is 3.88. The van der Waals surface area contributed by atoms with Crippen molar-refractivity contribution < 1.29 is 4.79 Å². The predicted octanol–water partition coefficient (Wildman–Crippen LogP) is 4.52. The summed E-state index contributed by atoms with van der Waals surface area (Å²) >= 11 is 0. The van der Waals surface area contributed by atoms with Gasteiger partial charge in [0.15, 0.2) is 0 Å². The normalized spacial score (nSPS) is 17.1. The number of hydrogen-bond donors (Lipinski definition) is 0. The van der Waals surface area contributed by atoms with Gasteiger partial charge in [-0.1, -0.05) is 18.2 Å². The van der Waals surface area contributed by atoms with E-state index in [-0.39, 0.29) is 5.91 Å². The Labute approximate surface area is 171 Å². The van der Waals surface area contributed by atoms with Crippen LogP contribution in [0.3, 0.4) is 0 Å². The van der Waals surface area contributed by atoms with E-state index in [4.69, 9.17) is 4.98 Å². The SMILES string of the molecule is O=C(c1ccc(-c2ccc3ncc(N4CCCCC4)nc3c2)cc1)N1CCCC1. The van der Waals surface area contributed by atoms with E-state index in [0.29, 0.717) is 0 Å². The summed E-state index contributed by atoms with van der Waals surface area (Å²) < 4.78 is 0. The summed E-state index contributed by atoms with van der Waals surface area (Å²) in [5, 5.41) is 0. The lowest BCUT2D eigenvalue weighted by atomic mass is 10.0. The first-order chi connectivity index (χ1) is 14.3. The monoisotopic (exact) mass is 386 g/mol. The minimum absolute atomic E-state index is 0.143. The molecule has 2 aliphatic rings. The number of amides is 1. The van der Waals surface area contributed by atoms with Crippen molar-refractivity contribution >= 4 is 22.8 Å². The van der Waals surface area contributed by atoms with Gasteiger partial charge in [-0.05, 0) is 67.5 Å². The number of piperidine rings is 1. The largest absolute Gasteiger partial charge is 0.355 e. The molecule has 1 amide bonds. The van der Waals surface area contributed by atoms with Crippen molar-refractivity contribution in [3.05, 3.63) is 54.2 Å². The highest BCUT2D eigenvalue weighted by Crippen LogP contribution is 2.26. The Kier molecular flexibility index (Phi) is 4.88. The van der Waals surface area contributed by atoms with Crippen LogP contribution in [0.5, 0.6) is 0 Å². The maximum absolute atomic E-state index is 12.6. The van der Waals surface area contributed by atoms with Crippen molar-refractivity contribution in [2.75, 3.05) is 31.1 Å². The zero-order valence-electron chi connectivity index (χ0n) is 16.7. The maximum atomic E-state index is 12.6. The zero-order valence-corrected chi connectivity index (χ0v) is 16.7. The summed E-state index contributed by atoms with van der Waals surface area (Å²) in [5.41, 5.74) is 4.79. The Hall–Kier alpha value is -2.95. The third kappa shape index (κ3) is 3.69. The van der Waals surface area contributed by atoms with Crippen LogP contribution in [-0.4, -0.2) is 47.0 Å². The smallest absolute Gasteiger partial charge is 0.253 e. The quantitative estimate of drug-likeness (QED) is 0.664. The van der Waals surface area contributed by atoms with Gasteiger partial charge in [-0.2, -0.15) is 0 Å². The highest BCUT2D eigenvalue weighted by molar-refractivity contribution is 5.95. The molecule has 0 saturated carbocycles. The molecule has 3 aromatic rings. The molecule has 2 fully saturated rings. The predicted molar refractivity (Wildman–Crippen MR) is 116 cm³/mol. The number of nitrogens with zero attached hydrogens (tertiary/aromatic N) is 4. The first-order valence-electron chi connectivity index (χ1n) is 10.7. The fraction of sp³-hybridized carbons (Fsp3) is 0.375. The highest BCUT2D eigenvalue weighted by atomic mass is 16.2. The van der Waals surface area contributed by atoms with Crippen LogP contribution >= 0.6 is 0 Å². The molecule has 3 heterocycles. The molecule has 0 N–H and O–H groups in total. The van der Waals surface area contributed by atoms with Crippen LogP contribution in [0, 0.1) is 0 Å². The van der Waals surface area contributed by atoms with E-state index in [1.807, 2.05) is 41.4 Å². The molecule has 2 aliphatic heterocycles. The van der Waals surface area contributed by atoms with E-state index < -0.39 is 0 Å². The van der Waals surface area contributed by atoms with Gasteiger partial charge in [0.2, 0.25) is 0 Å². The van der Waals surface area contributed by atoms with Crippen LogP contribution in [0.2, 0.25) is 0 Å². The Balaban J connectivity index is 1.41. The summed E-state index contributed by atoms with van der Waals surface area (Å²) in [6.07, 6.45) is 7.87. The van der Waals surface area contributed by atoms with E-state index in [9.17, 15) is 4.79 Å². The van der Waals surface area contributed by atoms with Gasteiger partial charge in [-0.25, -0.2) is 4.98 Å². The number of likely N-dealkylation sites (tertiary alicyclic amines) is 1. The molecule has 0 aliphatic carbocycles. The molecule has 0 atom stereocenters. The third-order valence-electron chi connectivity index (χ3n) is 6.07. The van der Waals surface area contributed by atoms with Crippen LogP contribution in [-0.2, 0) is 0 Å². The number of aromatic nitrogens is 2. The molecular formula is C24H26N4O. The van der Waals surface area contributed by atoms with Gasteiger partial charge in [0.1, 0.15) is 5.82 Å². The summed E-state index contributed by atoms with van der Waals surface area (Å²) in [7, 11) is 0. The first-order valence-corrected chi connectivity index (χ1v) is 10.7. The topological polar surface area (TPSA) is 49.3 Å². The van der Waals surface area contributed by atoms with Crippen LogP contribution in [0.15, 0.2) is 48.7 Å². The van der Waals surface area contributed by atoms with Crippen LogP contribution in [0.4, 0.5) is 5.82 Å². The van der Waals surface area contributed by atoms with Gasteiger partial charge >= 0.3 is 0 Å². The molecule has 2 aromatic carbocycles. The van der Waals surface area contributed by atoms with E-state index in [2.05, 4.69) is 22.0 Å². The Morgan fingerprint density at radius 1 is 0.759 bits per heavy atom. The van der Waals surface area contributed by atoms with Gasteiger partial charge in [0.05, 0.1) is 17.2 Å². The minimum Gasteiger partial charge on any atom is -0.355 e. The van der Waals surface area contributed by atoms with Crippen LogP contribution in [0.25, 0.3) is 22.2 Å². The second-order valence-electron chi connectivity index (χ2n) is 8.06. The molecule has 5 rings (SSSR count). The Morgan fingerprint density at radius 3 is 2.21 bits per heavy atom. The van der Waals surface area contributed by atoms with Crippen molar-refractivity contribution in [3.8, 4) is 11.1 Å². The molecular weight excluding hydrogens is 360 g/mol. The molecule has 29 heavy (non-hydrogen) atoms. The van der Waals surface area contributed by atoms with E-state index >= 15 is 0 Å². The van der Waals surface area contributed by atoms with E-state index in [0.717, 1.165) is 72.6 Å². The van der Waals surface area contributed by atoms with Crippen LogP contribution in [0.1, 0.15) is 42.5 Å². The van der Waals surface area contributed by atoms with Gasteiger partial charge < -0.3 is 9.80 Å². The highest BCUT2D eigenvalue weighted by Gasteiger charge is 2.19. The third-order valence-corrected chi connectivity index (χ3v) is 6.07. The lowest BCUT2D eigenvalue weighted by Gasteiger charge is -2.27. The number of hydrogen-bond acceptors (Lipinski definition) is 4. The van der Waals surface area contributed by atoms with E-state index in [1.165, 1.54) is 19.3 Å². The Bertz CT molecular complexity index is 1020. The first kappa shape index (κ1) is 18.1. The summed E-state index contributed by atoms with van der Waals surface area (Å²) in [5.74, 6) is 1.12. The van der Waals surface area contributed by atoms with Gasteiger partial charge in [-0.15, -0.1) is 0 Å². The fourth-order valence-corrected chi connectivity index (χ4v) is 4.36. The fourth-order valence-electron chi connectivity index (χ4n) is 4.36. The van der Waals surface area contributed by atoms with Crippen molar-refractivity contribution in [1.29, 1.82) is 0 Å². The number of anilines is 1. The second kappa shape index (κ2) is 7.82. The molecule has 0 unspecified atom stereocenters. The van der Waals surface area contributed by atoms with Crippen LogP contribution < -0.4 is 4.90 Å². The molecule has 148 valence electrons. The summed E-state index contributed by atoms with van der Waals surface area (Å²) in [4.78, 5) is 26.3. The number of carbonyl (C=O) groups excluding carboxylic acids is 1. The zero-order chi connectivity index (χ0) is 19.6. The average Bonchev–Trinajstić information content (AvgIpc) is 3.33. The maximum Gasteiger partial charge on any atom is 0.253 e. The molecule has 2 saturated heterocycles. The molecule has 0 spiro atoms. The summed E-state index contributed by atoms with van der Waals surface area (Å²) in [6, 6.07) is 14.2. The van der Waals surface area contributed by atoms with Crippen molar-refractivity contribution in [3.63, 3.8) is 0 Å². The van der Waals surface area contributed by atoms with Gasteiger partial charge in [0, 0.05) is 31.7 Å². The number of carbonyl (C=O) groups is 1. The minimum atomic E-state index is 0.143. The van der Waals surface area contributed by atoms with Crippen molar-refractivity contribution in [2.45, 2.75) is 32.1 Å². The van der Waals surface area contributed by atoms with E-state index in [1.54, 1.807) is 0 Å².